The fraction of sp³-hybridized carbons (Fsp3) is 0.667. The highest BCUT2D eigenvalue weighted by molar-refractivity contribution is 7.16. The molecule has 0 aromatic carbocycles. The standard InChI is InChI=1S/C12H18N2O4S/c1-3-9-7-18-5-4-13(9)12-10(14(16)17)6-11(19-12)8(2)15/h6,8-9,15H,3-5,7H2,1-2H3/t8-,9?/m1/s1. The average Bonchev–Trinajstić information content (AvgIpc) is 2.83. The molecule has 106 valence electrons. The Kier molecular flexibility index (Phi) is 4.38. The van der Waals surface area contributed by atoms with E-state index in [0.29, 0.717) is 29.6 Å². The van der Waals surface area contributed by atoms with Crippen molar-refractivity contribution in [2.75, 3.05) is 24.7 Å². The lowest BCUT2D eigenvalue weighted by Crippen LogP contribution is -2.45. The first-order valence-corrected chi connectivity index (χ1v) is 7.16. The van der Waals surface area contributed by atoms with Gasteiger partial charge in [0.05, 0.1) is 30.3 Å². The van der Waals surface area contributed by atoms with Crippen molar-refractivity contribution < 1.29 is 14.8 Å². The molecule has 1 unspecified atom stereocenters. The normalized spacial score (nSPS) is 21.4. The zero-order chi connectivity index (χ0) is 14.0. The lowest BCUT2D eigenvalue weighted by molar-refractivity contribution is -0.383. The van der Waals surface area contributed by atoms with Crippen LogP contribution in [0.2, 0.25) is 0 Å². The highest BCUT2D eigenvalue weighted by atomic mass is 32.1. The van der Waals surface area contributed by atoms with Crippen LogP contribution >= 0.6 is 11.3 Å². The summed E-state index contributed by atoms with van der Waals surface area (Å²) < 4.78 is 5.42. The Morgan fingerprint density at radius 3 is 3.05 bits per heavy atom. The largest absolute Gasteiger partial charge is 0.388 e. The summed E-state index contributed by atoms with van der Waals surface area (Å²) in [6.07, 6.45) is 0.192. The molecule has 1 aromatic heterocycles. The zero-order valence-electron chi connectivity index (χ0n) is 11.0. The molecule has 0 amide bonds. The second-order valence-corrected chi connectivity index (χ2v) is 5.66. The average molecular weight is 286 g/mol. The Morgan fingerprint density at radius 1 is 1.74 bits per heavy atom. The van der Waals surface area contributed by atoms with E-state index in [-0.39, 0.29) is 16.7 Å². The number of nitrogens with zero attached hydrogens (tertiary/aromatic N) is 2. The van der Waals surface area contributed by atoms with Gasteiger partial charge in [-0.25, -0.2) is 0 Å². The number of aliphatic hydroxyl groups excluding tert-OH is 1. The van der Waals surface area contributed by atoms with Gasteiger partial charge in [-0.3, -0.25) is 10.1 Å². The van der Waals surface area contributed by atoms with E-state index in [1.165, 1.54) is 17.4 Å². The van der Waals surface area contributed by atoms with Crippen molar-refractivity contribution in [3.05, 3.63) is 21.1 Å². The molecule has 1 saturated heterocycles. The van der Waals surface area contributed by atoms with Crippen molar-refractivity contribution in [1.29, 1.82) is 0 Å². The highest BCUT2D eigenvalue weighted by Gasteiger charge is 2.30. The Hall–Kier alpha value is -1.18. The van der Waals surface area contributed by atoms with Crippen LogP contribution in [0.3, 0.4) is 0 Å². The van der Waals surface area contributed by atoms with Crippen molar-refractivity contribution in [2.24, 2.45) is 0 Å². The minimum Gasteiger partial charge on any atom is -0.388 e. The van der Waals surface area contributed by atoms with Crippen LogP contribution in [0.1, 0.15) is 31.2 Å². The Balaban J connectivity index is 2.38. The topological polar surface area (TPSA) is 75.8 Å². The summed E-state index contributed by atoms with van der Waals surface area (Å²) in [5, 5.41) is 21.4. The Labute approximate surface area is 115 Å². The third-order valence-corrected chi connectivity index (χ3v) is 4.61. The van der Waals surface area contributed by atoms with Gasteiger partial charge in [-0.1, -0.05) is 6.92 Å². The summed E-state index contributed by atoms with van der Waals surface area (Å²) in [7, 11) is 0. The van der Waals surface area contributed by atoms with E-state index in [1.54, 1.807) is 6.92 Å². The number of rotatable bonds is 4. The van der Waals surface area contributed by atoms with Crippen molar-refractivity contribution in [3.8, 4) is 0 Å². The number of morpholine rings is 1. The Bertz CT molecular complexity index is 461. The molecule has 0 aliphatic carbocycles. The first-order valence-electron chi connectivity index (χ1n) is 6.35. The second kappa shape index (κ2) is 5.85. The van der Waals surface area contributed by atoms with Crippen LogP contribution in [0.5, 0.6) is 0 Å². The van der Waals surface area contributed by atoms with Gasteiger partial charge in [0.1, 0.15) is 0 Å². The fourth-order valence-corrected chi connectivity index (χ4v) is 3.35. The van der Waals surface area contributed by atoms with Crippen LogP contribution in [0.4, 0.5) is 10.7 Å². The number of hydrogen-bond donors (Lipinski definition) is 1. The van der Waals surface area contributed by atoms with Gasteiger partial charge in [0.25, 0.3) is 0 Å². The molecule has 0 bridgehead atoms. The van der Waals surface area contributed by atoms with Crippen LogP contribution in [0, 0.1) is 10.1 Å². The number of hydrogen-bond acceptors (Lipinski definition) is 6. The van der Waals surface area contributed by atoms with Gasteiger partial charge in [-0.15, -0.1) is 11.3 Å². The summed E-state index contributed by atoms with van der Waals surface area (Å²) in [4.78, 5) is 13.5. The van der Waals surface area contributed by atoms with Crippen LogP contribution in [0.15, 0.2) is 6.07 Å². The maximum atomic E-state index is 11.2. The van der Waals surface area contributed by atoms with Crippen LogP contribution < -0.4 is 4.90 Å². The summed E-state index contributed by atoms with van der Waals surface area (Å²) in [5.41, 5.74) is 0.0845. The number of anilines is 1. The molecule has 6 nitrogen and oxygen atoms in total. The number of aliphatic hydroxyl groups is 1. The van der Waals surface area contributed by atoms with Gasteiger partial charge < -0.3 is 14.7 Å². The van der Waals surface area contributed by atoms with Crippen LogP contribution in [-0.2, 0) is 4.74 Å². The molecule has 0 radical (unpaired) electrons. The van der Waals surface area contributed by atoms with E-state index < -0.39 is 6.10 Å². The molecule has 1 aliphatic rings. The second-order valence-electron chi connectivity index (χ2n) is 4.60. The van der Waals surface area contributed by atoms with Gasteiger partial charge in [-0.2, -0.15) is 0 Å². The summed E-state index contributed by atoms with van der Waals surface area (Å²) in [6, 6.07) is 1.64. The van der Waals surface area contributed by atoms with E-state index in [2.05, 4.69) is 0 Å². The van der Waals surface area contributed by atoms with Crippen molar-refractivity contribution >= 4 is 22.0 Å². The fourth-order valence-electron chi connectivity index (χ4n) is 2.19. The van der Waals surface area contributed by atoms with Gasteiger partial charge in [-0.05, 0) is 13.3 Å². The van der Waals surface area contributed by atoms with Gasteiger partial charge in [0, 0.05) is 17.5 Å². The van der Waals surface area contributed by atoms with E-state index >= 15 is 0 Å². The maximum Gasteiger partial charge on any atom is 0.304 e. The third kappa shape index (κ3) is 2.88. The molecule has 2 atom stereocenters. The van der Waals surface area contributed by atoms with Gasteiger partial charge in [0.2, 0.25) is 0 Å². The van der Waals surface area contributed by atoms with Crippen molar-refractivity contribution in [1.82, 2.24) is 0 Å². The molecule has 0 saturated carbocycles. The number of nitro groups is 1. The lowest BCUT2D eigenvalue weighted by Gasteiger charge is -2.35. The Morgan fingerprint density at radius 2 is 2.47 bits per heavy atom. The maximum absolute atomic E-state index is 11.2. The number of ether oxygens (including phenoxy) is 1. The molecule has 1 aromatic rings. The molecule has 7 heteroatoms. The molecule has 19 heavy (non-hydrogen) atoms. The molecule has 1 fully saturated rings. The quantitative estimate of drug-likeness (QED) is 0.679. The third-order valence-electron chi connectivity index (χ3n) is 3.28. The van der Waals surface area contributed by atoms with E-state index in [0.717, 1.165) is 6.42 Å². The van der Waals surface area contributed by atoms with Gasteiger partial charge >= 0.3 is 5.69 Å². The lowest BCUT2D eigenvalue weighted by atomic mass is 10.2. The van der Waals surface area contributed by atoms with Crippen LogP contribution in [-0.4, -0.2) is 35.8 Å². The monoisotopic (exact) mass is 286 g/mol. The number of thiophene rings is 1. The summed E-state index contributed by atoms with van der Waals surface area (Å²) in [5.74, 6) is 0. The van der Waals surface area contributed by atoms with E-state index in [4.69, 9.17) is 4.74 Å². The SMILES string of the molecule is CCC1COCCN1c1sc([C@@H](C)O)cc1[N+](=O)[O-]. The smallest absolute Gasteiger partial charge is 0.304 e. The minimum absolute atomic E-state index is 0.0845. The highest BCUT2D eigenvalue weighted by Crippen LogP contribution is 2.41. The predicted octanol–water partition coefficient (Wildman–Crippen LogP) is 2.32. The summed E-state index contributed by atoms with van der Waals surface area (Å²) in [6.45, 7) is 5.49. The van der Waals surface area contributed by atoms with Crippen LogP contribution in [0.25, 0.3) is 0 Å². The molecule has 2 heterocycles. The molecule has 2 rings (SSSR count). The molecular weight excluding hydrogens is 268 g/mol. The minimum atomic E-state index is -0.682. The first-order chi connectivity index (χ1) is 9.04. The zero-order valence-corrected chi connectivity index (χ0v) is 11.9. The molecule has 1 aliphatic heterocycles. The molecule has 1 N–H and O–H groups in total. The summed E-state index contributed by atoms with van der Waals surface area (Å²) >= 11 is 1.30. The first kappa shape index (κ1) is 14.2. The molecule has 0 spiro atoms. The molecular formula is C12H18N2O4S. The van der Waals surface area contributed by atoms with Crippen molar-refractivity contribution in [3.63, 3.8) is 0 Å². The van der Waals surface area contributed by atoms with Gasteiger partial charge in [0.15, 0.2) is 5.00 Å². The predicted molar refractivity (Wildman–Crippen MR) is 73.9 cm³/mol. The van der Waals surface area contributed by atoms with E-state index in [9.17, 15) is 15.2 Å². The van der Waals surface area contributed by atoms with Crippen molar-refractivity contribution in [2.45, 2.75) is 32.4 Å². The van der Waals surface area contributed by atoms with E-state index in [1.807, 2.05) is 11.8 Å².